The van der Waals surface area contributed by atoms with Gasteiger partial charge in [-0.15, -0.1) is 0 Å². The molecule has 4 heteroatoms. The number of rotatable bonds is 4. The van der Waals surface area contributed by atoms with E-state index in [0.29, 0.717) is 17.0 Å². The fraction of sp³-hybridized carbons (Fsp3) is 0.133. The molecular weight excluding hydrogens is 240 g/mol. The predicted octanol–water partition coefficient (Wildman–Crippen LogP) is 2.99. The summed E-state index contributed by atoms with van der Waals surface area (Å²) in [7, 11) is 3.42. The molecule has 2 aromatic rings. The van der Waals surface area contributed by atoms with Crippen LogP contribution in [-0.2, 0) is 0 Å². The molecule has 4 nitrogen and oxygen atoms in total. The molecule has 0 aromatic heterocycles. The van der Waals surface area contributed by atoms with Gasteiger partial charge in [-0.3, -0.25) is 4.79 Å². The molecule has 2 N–H and O–H groups in total. The molecular formula is C15H16N2O2. The third kappa shape index (κ3) is 3.04. The van der Waals surface area contributed by atoms with Crippen LogP contribution >= 0.6 is 0 Å². The van der Waals surface area contributed by atoms with Gasteiger partial charge in [0.1, 0.15) is 5.75 Å². The summed E-state index contributed by atoms with van der Waals surface area (Å²) in [4.78, 5) is 12.0. The summed E-state index contributed by atoms with van der Waals surface area (Å²) in [6.07, 6.45) is 0. The monoisotopic (exact) mass is 256 g/mol. The van der Waals surface area contributed by atoms with Crippen molar-refractivity contribution >= 4 is 17.3 Å². The van der Waals surface area contributed by atoms with Crippen LogP contribution in [0.1, 0.15) is 10.4 Å². The normalized spacial score (nSPS) is 9.79. The number of nitrogens with one attached hydrogen (secondary N) is 2. The minimum absolute atomic E-state index is 0.139. The van der Waals surface area contributed by atoms with E-state index in [2.05, 4.69) is 10.6 Å². The van der Waals surface area contributed by atoms with E-state index in [-0.39, 0.29) is 5.91 Å². The van der Waals surface area contributed by atoms with Crippen LogP contribution in [0.4, 0.5) is 11.4 Å². The lowest BCUT2D eigenvalue weighted by molar-refractivity contribution is 0.102. The Morgan fingerprint density at radius 3 is 2.47 bits per heavy atom. The van der Waals surface area contributed by atoms with E-state index in [1.807, 2.05) is 37.4 Å². The highest BCUT2D eigenvalue weighted by molar-refractivity contribution is 6.04. The summed E-state index contributed by atoms with van der Waals surface area (Å²) in [5.74, 6) is 0.549. The molecule has 0 fully saturated rings. The van der Waals surface area contributed by atoms with Gasteiger partial charge >= 0.3 is 0 Å². The highest BCUT2D eigenvalue weighted by atomic mass is 16.5. The topological polar surface area (TPSA) is 50.4 Å². The highest BCUT2D eigenvalue weighted by Crippen LogP contribution is 2.27. The molecule has 0 aliphatic heterocycles. The third-order valence-corrected chi connectivity index (χ3v) is 2.76. The van der Waals surface area contributed by atoms with E-state index in [9.17, 15) is 4.79 Å². The summed E-state index contributed by atoms with van der Waals surface area (Å²) < 4.78 is 5.25. The Hall–Kier alpha value is -2.49. The molecule has 19 heavy (non-hydrogen) atoms. The molecule has 2 aromatic carbocycles. The Morgan fingerprint density at radius 2 is 1.84 bits per heavy atom. The number of hydrogen-bond acceptors (Lipinski definition) is 3. The van der Waals surface area contributed by atoms with E-state index in [1.54, 1.807) is 25.3 Å². The van der Waals surface area contributed by atoms with Gasteiger partial charge in [-0.1, -0.05) is 18.2 Å². The maximum absolute atomic E-state index is 12.0. The Balaban J connectivity index is 2.18. The van der Waals surface area contributed by atoms with Crippen LogP contribution in [0.25, 0.3) is 0 Å². The number of amides is 1. The quantitative estimate of drug-likeness (QED) is 0.884. The van der Waals surface area contributed by atoms with Crippen LogP contribution in [0.15, 0.2) is 48.5 Å². The fourth-order valence-electron chi connectivity index (χ4n) is 1.77. The van der Waals surface area contributed by atoms with Gasteiger partial charge in [0, 0.05) is 24.4 Å². The first-order valence-electron chi connectivity index (χ1n) is 5.97. The van der Waals surface area contributed by atoms with Crippen molar-refractivity contribution in [2.75, 3.05) is 24.8 Å². The van der Waals surface area contributed by atoms with E-state index < -0.39 is 0 Å². The standard InChI is InChI=1S/C15H16N2O2/c1-16-13-9-8-12(10-14(13)19-2)17-15(18)11-6-4-3-5-7-11/h3-10,16H,1-2H3,(H,17,18). The first kappa shape index (κ1) is 13.0. The second-order valence-electron chi connectivity index (χ2n) is 3.99. The van der Waals surface area contributed by atoms with Gasteiger partial charge in [-0.05, 0) is 24.3 Å². The summed E-state index contributed by atoms with van der Waals surface area (Å²) in [6.45, 7) is 0. The van der Waals surface area contributed by atoms with Crippen molar-refractivity contribution in [3.8, 4) is 5.75 Å². The zero-order chi connectivity index (χ0) is 13.7. The highest BCUT2D eigenvalue weighted by Gasteiger charge is 2.07. The van der Waals surface area contributed by atoms with E-state index in [1.165, 1.54) is 0 Å². The van der Waals surface area contributed by atoms with E-state index in [0.717, 1.165) is 5.69 Å². The van der Waals surface area contributed by atoms with Gasteiger partial charge in [0.05, 0.1) is 12.8 Å². The van der Waals surface area contributed by atoms with Gasteiger partial charge in [0.2, 0.25) is 0 Å². The summed E-state index contributed by atoms with van der Waals surface area (Å²) in [5, 5.41) is 5.86. The Bertz CT molecular complexity index is 568. The van der Waals surface area contributed by atoms with Crippen LogP contribution in [0.5, 0.6) is 5.75 Å². The van der Waals surface area contributed by atoms with Crippen LogP contribution in [-0.4, -0.2) is 20.1 Å². The number of carbonyl (C=O) groups excluding carboxylic acids is 1. The molecule has 0 atom stereocenters. The van der Waals surface area contributed by atoms with Gasteiger partial charge in [-0.25, -0.2) is 0 Å². The number of anilines is 2. The largest absolute Gasteiger partial charge is 0.495 e. The number of carbonyl (C=O) groups is 1. The van der Waals surface area contributed by atoms with Crippen LogP contribution in [0.2, 0.25) is 0 Å². The molecule has 0 unspecified atom stereocenters. The second kappa shape index (κ2) is 5.91. The molecule has 0 saturated heterocycles. The molecule has 0 aliphatic carbocycles. The molecule has 0 aliphatic rings. The lowest BCUT2D eigenvalue weighted by Gasteiger charge is -2.11. The van der Waals surface area contributed by atoms with Crippen molar-refractivity contribution in [2.45, 2.75) is 0 Å². The molecule has 2 rings (SSSR count). The lowest BCUT2D eigenvalue weighted by Crippen LogP contribution is -2.11. The number of ether oxygens (including phenoxy) is 1. The van der Waals surface area contributed by atoms with Crippen molar-refractivity contribution in [2.24, 2.45) is 0 Å². The number of methoxy groups -OCH3 is 1. The van der Waals surface area contributed by atoms with Gasteiger partial charge < -0.3 is 15.4 Å². The second-order valence-corrected chi connectivity index (χ2v) is 3.99. The Labute approximate surface area is 112 Å². The number of hydrogen-bond donors (Lipinski definition) is 2. The van der Waals surface area contributed by atoms with Gasteiger partial charge in [0.25, 0.3) is 5.91 Å². The fourth-order valence-corrected chi connectivity index (χ4v) is 1.77. The molecule has 98 valence electrons. The average molecular weight is 256 g/mol. The van der Waals surface area contributed by atoms with Crippen molar-refractivity contribution in [3.63, 3.8) is 0 Å². The molecule has 0 radical (unpaired) electrons. The molecule has 0 heterocycles. The third-order valence-electron chi connectivity index (χ3n) is 2.76. The smallest absolute Gasteiger partial charge is 0.255 e. The molecule has 0 spiro atoms. The van der Waals surface area contributed by atoms with Crippen molar-refractivity contribution < 1.29 is 9.53 Å². The lowest BCUT2D eigenvalue weighted by atomic mass is 10.2. The zero-order valence-electron chi connectivity index (χ0n) is 10.9. The minimum Gasteiger partial charge on any atom is -0.495 e. The van der Waals surface area contributed by atoms with Gasteiger partial charge in [0.15, 0.2) is 0 Å². The van der Waals surface area contributed by atoms with Gasteiger partial charge in [-0.2, -0.15) is 0 Å². The molecule has 0 bridgehead atoms. The van der Waals surface area contributed by atoms with Crippen LogP contribution in [0, 0.1) is 0 Å². The first-order chi connectivity index (χ1) is 9.24. The minimum atomic E-state index is -0.139. The molecule has 0 saturated carbocycles. The van der Waals surface area contributed by atoms with Crippen molar-refractivity contribution in [1.82, 2.24) is 0 Å². The van der Waals surface area contributed by atoms with E-state index >= 15 is 0 Å². The Morgan fingerprint density at radius 1 is 1.11 bits per heavy atom. The maximum Gasteiger partial charge on any atom is 0.255 e. The first-order valence-corrected chi connectivity index (χ1v) is 5.97. The maximum atomic E-state index is 12.0. The van der Waals surface area contributed by atoms with Crippen LogP contribution in [0.3, 0.4) is 0 Å². The Kier molecular flexibility index (Phi) is 4.03. The molecule has 1 amide bonds. The summed E-state index contributed by atoms with van der Waals surface area (Å²) >= 11 is 0. The van der Waals surface area contributed by atoms with E-state index in [4.69, 9.17) is 4.74 Å². The van der Waals surface area contributed by atoms with Crippen LogP contribution < -0.4 is 15.4 Å². The van der Waals surface area contributed by atoms with Crippen molar-refractivity contribution in [3.05, 3.63) is 54.1 Å². The SMILES string of the molecule is CNc1ccc(NC(=O)c2ccccc2)cc1OC. The average Bonchev–Trinajstić information content (AvgIpc) is 2.48. The summed E-state index contributed by atoms with van der Waals surface area (Å²) in [5.41, 5.74) is 2.20. The zero-order valence-corrected chi connectivity index (χ0v) is 10.9. The van der Waals surface area contributed by atoms with Crippen molar-refractivity contribution in [1.29, 1.82) is 0 Å². The summed E-state index contributed by atoms with van der Waals surface area (Å²) in [6, 6.07) is 14.6. The number of benzene rings is 2. The predicted molar refractivity (Wildman–Crippen MR) is 76.9 cm³/mol.